The van der Waals surface area contributed by atoms with Gasteiger partial charge in [-0.15, -0.1) is 0 Å². The molecule has 0 spiro atoms. The maximum atomic E-state index is 9.16. The largest absolute Gasteiger partial charge is 0.394 e. The molecule has 0 aliphatic heterocycles. The highest BCUT2D eigenvalue weighted by Gasteiger charge is 2.16. The summed E-state index contributed by atoms with van der Waals surface area (Å²) in [5, 5.41) is 17.8. The predicted octanol–water partition coefficient (Wildman–Crippen LogP) is 1.31. The van der Waals surface area contributed by atoms with E-state index in [0.717, 1.165) is 6.42 Å². The lowest BCUT2D eigenvalue weighted by atomic mass is 9.85. The highest BCUT2D eigenvalue weighted by Crippen LogP contribution is 2.27. The fraction of sp³-hybridized carbons (Fsp3) is 1.00. The summed E-state index contributed by atoms with van der Waals surface area (Å²) in [6.07, 6.45) is 6.79. The Balaban J connectivity index is 2.13. The van der Waals surface area contributed by atoms with Crippen LogP contribution in [0.1, 0.15) is 38.5 Å². The summed E-state index contributed by atoms with van der Waals surface area (Å²) in [6.45, 7) is -0.0729. The second kappa shape index (κ2) is 4.73. The van der Waals surface area contributed by atoms with Crippen LogP contribution in [-0.2, 0) is 0 Å². The van der Waals surface area contributed by atoms with Gasteiger partial charge in [0.15, 0.2) is 0 Å². The monoisotopic (exact) mass is 158 g/mol. The van der Waals surface area contributed by atoms with Crippen molar-refractivity contribution in [1.29, 1.82) is 0 Å². The molecule has 0 amide bonds. The Morgan fingerprint density at radius 1 is 1.18 bits per heavy atom. The molecule has 66 valence electrons. The first kappa shape index (κ1) is 9.01. The fourth-order valence-corrected chi connectivity index (χ4v) is 1.88. The van der Waals surface area contributed by atoms with Gasteiger partial charge in [-0.05, 0) is 12.3 Å². The van der Waals surface area contributed by atoms with Crippen molar-refractivity contribution in [1.82, 2.24) is 0 Å². The van der Waals surface area contributed by atoms with E-state index in [9.17, 15) is 0 Å². The number of aliphatic hydroxyl groups is 2. The van der Waals surface area contributed by atoms with Gasteiger partial charge < -0.3 is 10.2 Å². The molecule has 0 bridgehead atoms. The van der Waals surface area contributed by atoms with Crippen molar-refractivity contribution in [2.75, 3.05) is 6.61 Å². The van der Waals surface area contributed by atoms with E-state index in [-0.39, 0.29) is 6.61 Å². The van der Waals surface area contributed by atoms with Crippen LogP contribution in [0.15, 0.2) is 0 Å². The zero-order chi connectivity index (χ0) is 8.10. The number of hydrogen-bond donors (Lipinski definition) is 2. The van der Waals surface area contributed by atoms with Gasteiger partial charge in [-0.25, -0.2) is 0 Å². The molecular formula is C9H18O2. The van der Waals surface area contributed by atoms with Crippen molar-refractivity contribution in [3.05, 3.63) is 0 Å². The zero-order valence-electron chi connectivity index (χ0n) is 7.00. The smallest absolute Gasteiger partial charge is 0.0773 e. The van der Waals surface area contributed by atoms with Crippen molar-refractivity contribution in [3.63, 3.8) is 0 Å². The first-order valence-corrected chi connectivity index (χ1v) is 4.62. The minimum atomic E-state index is -0.474. The van der Waals surface area contributed by atoms with E-state index in [1.807, 2.05) is 0 Å². The average molecular weight is 158 g/mol. The van der Waals surface area contributed by atoms with Crippen LogP contribution >= 0.6 is 0 Å². The van der Waals surface area contributed by atoms with Gasteiger partial charge in [0, 0.05) is 0 Å². The highest BCUT2D eigenvalue weighted by molar-refractivity contribution is 4.68. The summed E-state index contributed by atoms with van der Waals surface area (Å²) in [6, 6.07) is 0. The van der Waals surface area contributed by atoms with Crippen LogP contribution in [0.4, 0.5) is 0 Å². The molecule has 11 heavy (non-hydrogen) atoms. The summed E-state index contributed by atoms with van der Waals surface area (Å²) in [5.74, 6) is 0.672. The summed E-state index contributed by atoms with van der Waals surface area (Å²) >= 11 is 0. The van der Waals surface area contributed by atoms with Crippen molar-refractivity contribution in [2.45, 2.75) is 44.6 Å². The second-order valence-corrected chi connectivity index (χ2v) is 3.58. The van der Waals surface area contributed by atoms with Gasteiger partial charge >= 0.3 is 0 Å². The van der Waals surface area contributed by atoms with E-state index >= 15 is 0 Å². The third-order valence-electron chi connectivity index (χ3n) is 2.54. The molecule has 0 aromatic heterocycles. The van der Waals surface area contributed by atoms with Crippen LogP contribution in [0.2, 0.25) is 0 Å². The Morgan fingerprint density at radius 2 is 1.82 bits per heavy atom. The molecule has 0 unspecified atom stereocenters. The molecule has 1 aliphatic carbocycles. The Hall–Kier alpha value is -0.0800. The van der Waals surface area contributed by atoms with E-state index < -0.39 is 6.10 Å². The first-order valence-electron chi connectivity index (χ1n) is 4.62. The molecule has 0 heterocycles. The number of rotatable bonds is 3. The fourth-order valence-electron chi connectivity index (χ4n) is 1.88. The molecule has 0 aromatic rings. The van der Waals surface area contributed by atoms with Gasteiger partial charge in [-0.3, -0.25) is 0 Å². The van der Waals surface area contributed by atoms with Crippen LogP contribution in [0.3, 0.4) is 0 Å². The Morgan fingerprint density at radius 3 is 2.36 bits per heavy atom. The van der Waals surface area contributed by atoms with Gasteiger partial charge in [-0.2, -0.15) is 0 Å². The van der Waals surface area contributed by atoms with E-state index in [4.69, 9.17) is 10.2 Å². The average Bonchev–Trinajstić information content (AvgIpc) is 2.06. The molecule has 2 nitrogen and oxygen atoms in total. The standard InChI is InChI=1S/C9H18O2/c10-7-9(11)6-8-4-2-1-3-5-8/h8-11H,1-7H2/t9-/m1/s1. The quantitative estimate of drug-likeness (QED) is 0.650. The maximum absolute atomic E-state index is 9.16. The van der Waals surface area contributed by atoms with Crippen molar-refractivity contribution < 1.29 is 10.2 Å². The third kappa shape index (κ3) is 3.21. The highest BCUT2D eigenvalue weighted by atomic mass is 16.3. The molecule has 0 aromatic carbocycles. The van der Waals surface area contributed by atoms with Crippen LogP contribution in [0.5, 0.6) is 0 Å². The van der Waals surface area contributed by atoms with E-state index in [0.29, 0.717) is 5.92 Å². The van der Waals surface area contributed by atoms with Gasteiger partial charge in [0.25, 0.3) is 0 Å². The van der Waals surface area contributed by atoms with E-state index in [1.54, 1.807) is 0 Å². The summed E-state index contributed by atoms with van der Waals surface area (Å²) in [4.78, 5) is 0. The minimum Gasteiger partial charge on any atom is -0.394 e. The topological polar surface area (TPSA) is 40.5 Å². The van der Waals surface area contributed by atoms with E-state index in [1.165, 1.54) is 32.1 Å². The number of hydrogen-bond acceptors (Lipinski definition) is 2. The zero-order valence-corrected chi connectivity index (χ0v) is 7.00. The molecule has 1 atom stereocenters. The van der Waals surface area contributed by atoms with Gasteiger partial charge in [0.2, 0.25) is 0 Å². The lowest BCUT2D eigenvalue weighted by Crippen LogP contribution is -2.18. The second-order valence-electron chi connectivity index (χ2n) is 3.58. The molecule has 2 N–H and O–H groups in total. The normalized spacial score (nSPS) is 23.5. The lowest BCUT2D eigenvalue weighted by Gasteiger charge is -2.22. The van der Waals surface area contributed by atoms with E-state index in [2.05, 4.69) is 0 Å². The molecule has 0 saturated heterocycles. The molecule has 1 saturated carbocycles. The Labute approximate surface area is 68.2 Å². The summed E-state index contributed by atoms with van der Waals surface area (Å²) < 4.78 is 0. The Bertz CT molecular complexity index is 97.7. The van der Waals surface area contributed by atoms with Gasteiger partial charge in [-0.1, -0.05) is 32.1 Å². The van der Waals surface area contributed by atoms with Crippen molar-refractivity contribution in [3.8, 4) is 0 Å². The maximum Gasteiger partial charge on any atom is 0.0773 e. The molecular weight excluding hydrogens is 140 g/mol. The summed E-state index contributed by atoms with van der Waals surface area (Å²) in [5.41, 5.74) is 0. The first-order chi connectivity index (χ1) is 5.33. The van der Waals surface area contributed by atoms with Crippen molar-refractivity contribution in [2.24, 2.45) is 5.92 Å². The number of aliphatic hydroxyl groups excluding tert-OH is 2. The molecule has 1 fully saturated rings. The molecule has 1 aliphatic rings. The van der Waals surface area contributed by atoms with Crippen molar-refractivity contribution >= 4 is 0 Å². The molecule has 0 radical (unpaired) electrons. The molecule has 1 rings (SSSR count). The van der Waals surface area contributed by atoms with Crippen LogP contribution in [-0.4, -0.2) is 22.9 Å². The lowest BCUT2D eigenvalue weighted by molar-refractivity contribution is 0.0681. The SMILES string of the molecule is OC[C@H](O)CC1CCCCC1. The van der Waals surface area contributed by atoms with Gasteiger partial charge in [0.1, 0.15) is 0 Å². The van der Waals surface area contributed by atoms with Crippen LogP contribution in [0, 0.1) is 5.92 Å². The summed E-state index contributed by atoms with van der Waals surface area (Å²) in [7, 11) is 0. The predicted molar refractivity (Wildman–Crippen MR) is 44.3 cm³/mol. The van der Waals surface area contributed by atoms with Crippen LogP contribution < -0.4 is 0 Å². The van der Waals surface area contributed by atoms with Crippen LogP contribution in [0.25, 0.3) is 0 Å². The third-order valence-corrected chi connectivity index (χ3v) is 2.54. The minimum absolute atomic E-state index is 0.0729. The molecule has 2 heteroatoms. The Kier molecular flexibility index (Phi) is 3.87. The van der Waals surface area contributed by atoms with Gasteiger partial charge in [0.05, 0.1) is 12.7 Å².